The summed E-state index contributed by atoms with van der Waals surface area (Å²) in [5, 5.41) is 9.40. The molecule has 0 aromatic carbocycles. The summed E-state index contributed by atoms with van der Waals surface area (Å²) in [4.78, 5) is 27.6. The smallest absolute Gasteiger partial charge is 0.326 e. The molecular weight excluding hydrogens is 268 g/mol. The van der Waals surface area contributed by atoms with Crippen LogP contribution in [0.5, 0.6) is 0 Å². The minimum Gasteiger partial charge on any atom is -0.480 e. The van der Waals surface area contributed by atoms with E-state index in [9.17, 15) is 14.7 Å². The van der Waals surface area contributed by atoms with E-state index in [1.165, 1.54) is 0 Å². The molecule has 0 aromatic heterocycles. The minimum absolute atomic E-state index is 0.0984. The predicted octanol–water partition coefficient (Wildman–Crippen LogP) is 3.19. The molecule has 2 amide bonds. The average Bonchev–Trinajstić information content (AvgIpc) is 2.73. The topological polar surface area (TPSA) is 60.9 Å². The van der Waals surface area contributed by atoms with Crippen molar-refractivity contribution >= 4 is 12.0 Å². The fourth-order valence-corrected chi connectivity index (χ4v) is 2.98. The Balaban J connectivity index is 2.81. The van der Waals surface area contributed by atoms with Gasteiger partial charge in [-0.25, -0.2) is 9.59 Å². The fraction of sp³-hybridized carbons (Fsp3) is 0.875. The van der Waals surface area contributed by atoms with Gasteiger partial charge in [0.15, 0.2) is 0 Å². The van der Waals surface area contributed by atoms with Crippen LogP contribution in [0.3, 0.4) is 0 Å². The van der Waals surface area contributed by atoms with Gasteiger partial charge < -0.3 is 14.9 Å². The maximum absolute atomic E-state index is 12.8. The first-order chi connectivity index (χ1) is 10.0. The van der Waals surface area contributed by atoms with Crippen LogP contribution in [0.15, 0.2) is 0 Å². The van der Waals surface area contributed by atoms with Gasteiger partial charge in [-0.05, 0) is 25.7 Å². The Morgan fingerprint density at radius 3 is 2.38 bits per heavy atom. The number of likely N-dealkylation sites (tertiary alicyclic amines) is 1. The highest BCUT2D eigenvalue weighted by molar-refractivity contribution is 5.82. The number of carboxylic acids is 1. The molecule has 1 fully saturated rings. The second kappa shape index (κ2) is 8.90. The summed E-state index contributed by atoms with van der Waals surface area (Å²) in [7, 11) is 0. The van der Waals surface area contributed by atoms with Gasteiger partial charge >= 0.3 is 12.0 Å². The molecule has 1 aliphatic heterocycles. The normalized spacial score (nSPS) is 19.4. The third kappa shape index (κ3) is 4.90. The molecule has 1 aliphatic rings. The monoisotopic (exact) mass is 298 g/mol. The largest absolute Gasteiger partial charge is 0.480 e. The van der Waals surface area contributed by atoms with Crippen LogP contribution in [0.25, 0.3) is 0 Å². The van der Waals surface area contributed by atoms with Gasteiger partial charge in [-0.1, -0.05) is 39.5 Å². The summed E-state index contributed by atoms with van der Waals surface area (Å²) < 4.78 is 0. The Morgan fingerprint density at radius 1 is 1.19 bits per heavy atom. The highest BCUT2D eigenvalue weighted by Crippen LogP contribution is 2.20. The van der Waals surface area contributed by atoms with E-state index in [1.54, 1.807) is 4.90 Å². The number of hydrogen-bond donors (Lipinski definition) is 1. The molecule has 0 aliphatic carbocycles. The first-order valence-electron chi connectivity index (χ1n) is 8.33. The summed E-state index contributed by atoms with van der Waals surface area (Å²) in [5.41, 5.74) is 0. The molecule has 1 unspecified atom stereocenters. The minimum atomic E-state index is -0.871. The van der Waals surface area contributed by atoms with Crippen molar-refractivity contribution in [3.05, 3.63) is 0 Å². The Labute approximate surface area is 128 Å². The second-order valence-corrected chi connectivity index (χ2v) is 5.90. The first kappa shape index (κ1) is 17.8. The van der Waals surface area contributed by atoms with E-state index >= 15 is 0 Å². The molecule has 0 saturated carbocycles. The molecule has 0 radical (unpaired) electrons. The van der Waals surface area contributed by atoms with Crippen LogP contribution < -0.4 is 0 Å². The van der Waals surface area contributed by atoms with Crippen LogP contribution >= 0.6 is 0 Å². The Hall–Kier alpha value is -1.26. The van der Waals surface area contributed by atoms with Crippen LogP contribution in [-0.4, -0.2) is 52.6 Å². The molecule has 1 atom stereocenters. The third-order valence-electron chi connectivity index (χ3n) is 4.57. The van der Waals surface area contributed by atoms with Gasteiger partial charge in [0.25, 0.3) is 0 Å². The number of nitrogens with zero attached hydrogens (tertiary/aromatic N) is 2. The fourth-order valence-electron chi connectivity index (χ4n) is 2.98. The van der Waals surface area contributed by atoms with Gasteiger partial charge in [-0.15, -0.1) is 0 Å². The summed E-state index contributed by atoms with van der Waals surface area (Å²) >= 11 is 0. The lowest BCUT2D eigenvalue weighted by atomic mass is 10.0. The number of carboxylic acid groups (broad SMARTS) is 1. The van der Waals surface area contributed by atoms with Gasteiger partial charge in [-0.3, -0.25) is 0 Å². The van der Waals surface area contributed by atoms with Gasteiger partial charge in [0, 0.05) is 19.6 Å². The Kier molecular flexibility index (Phi) is 7.54. The number of rotatable bonds is 6. The van der Waals surface area contributed by atoms with Gasteiger partial charge in [0.05, 0.1) is 0 Å². The van der Waals surface area contributed by atoms with E-state index in [0.29, 0.717) is 25.4 Å². The maximum atomic E-state index is 12.8. The Morgan fingerprint density at radius 2 is 1.86 bits per heavy atom. The third-order valence-corrected chi connectivity index (χ3v) is 4.57. The highest BCUT2D eigenvalue weighted by atomic mass is 16.4. The predicted molar refractivity (Wildman–Crippen MR) is 83.3 cm³/mol. The highest BCUT2D eigenvalue weighted by Gasteiger charge is 2.33. The summed E-state index contributed by atoms with van der Waals surface area (Å²) in [6.07, 6.45) is 5.46. The molecule has 1 N–H and O–H groups in total. The number of carbonyl (C=O) groups is 2. The number of hydrogen-bond acceptors (Lipinski definition) is 2. The van der Waals surface area contributed by atoms with Crippen molar-refractivity contribution in [1.29, 1.82) is 0 Å². The van der Waals surface area contributed by atoms with Crippen molar-refractivity contribution in [1.82, 2.24) is 9.80 Å². The van der Waals surface area contributed by atoms with Crippen molar-refractivity contribution in [3.8, 4) is 0 Å². The van der Waals surface area contributed by atoms with Crippen LogP contribution in [0.4, 0.5) is 4.79 Å². The summed E-state index contributed by atoms with van der Waals surface area (Å²) in [6.45, 7) is 8.17. The van der Waals surface area contributed by atoms with Crippen LogP contribution in [0, 0.1) is 5.92 Å². The van der Waals surface area contributed by atoms with Gasteiger partial charge in [0.1, 0.15) is 6.04 Å². The number of carbonyl (C=O) groups excluding carboxylic acids is 1. The van der Waals surface area contributed by atoms with Crippen molar-refractivity contribution in [3.63, 3.8) is 0 Å². The lowest BCUT2D eigenvalue weighted by molar-refractivity contribution is -0.142. The van der Waals surface area contributed by atoms with E-state index in [4.69, 9.17) is 0 Å². The second-order valence-electron chi connectivity index (χ2n) is 5.90. The van der Waals surface area contributed by atoms with Gasteiger partial charge in [-0.2, -0.15) is 0 Å². The number of urea groups is 1. The van der Waals surface area contributed by atoms with Crippen molar-refractivity contribution < 1.29 is 14.7 Å². The average molecular weight is 298 g/mol. The molecular formula is C16H30N2O3. The lowest BCUT2D eigenvalue weighted by Crippen LogP contribution is -2.51. The zero-order valence-electron chi connectivity index (χ0n) is 13.7. The number of amides is 2. The molecule has 0 spiro atoms. The lowest BCUT2D eigenvalue weighted by Gasteiger charge is -2.34. The standard InChI is InChI=1S/C16H30N2O3/c1-4-13(5-2)12-17(6-3)16(21)18-11-9-7-8-10-14(18)15(19)20/h13-14H,4-12H2,1-3H3,(H,19,20). The molecule has 1 rings (SSSR count). The van der Waals surface area contributed by atoms with Crippen molar-refractivity contribution in [2.75, 3.05) is 19.6 Å². The molecule has 5 heteroatoms. The van der Waals surface area contributed by atoms with E-state index in [-0.39, 0.29) is 6.03 Å². The van der Waals surface area contributed by atoms with Gasteiger partial charge in [0.2, 0.25) is 0 Å². The Bertz CT molecular complexity index is 342. The molecule has 0 bridgehead atoms. The molecule has 1 heterocycles. The van der Waals surface area contributed by atoms with E-state index in [2.05, 4.69) is 13.8 Å². The zero-order valence-corrected chi connectivity index (χ0v) is 13.7. The first-order valence-corrected chi connectivity index (χ1v) is 8.33. The molecule has 1 saturated heterocycles. The summed E-state index contributed by atoms with van der Waals surface area (Å²) in [5.74, 6) is -0.381. The molecule has 122 valence electrons. The number of aliphatic carboxylic acids is 1. The summed E-state index contributed by atoms with van der Waals surface area (Å²) in [6, 6.07) is -0.755. The zero-order chi connectivity index (χ0) is 15.8. The van der Waals surface area contributed by atoms with E-state index in [1.807, 2.05) is 11.8 Å². The molecule has 0 aromatic rings. The van der Waals surface area contributed by atoms with Crippen molar-refractivity contribution in [2.24, 2.45) is 5.92 Å². The van der Waals surface area contributed by atoms with E-state index < -0.39 is 12.0 Å². The molecule has 5 nitrogen and oxygen atoms in total. The van der Waals surface area contributed by atoms with E-state index in [0.717, 1.165) is 38.6 Å². The maximum Gasteiger partial charge on any atom is 0.326 e. The quantitative estimate of drug-likeness (QED) is 0.819. The van der Waals surface area contributed by atoms with Crippen LogP contribution in [-0.2, 0) is 4.79 Å². The van der Waals surface area contributed by atoms with Crippen LogP contribution in [0.1, 0.15) is 59.3 Å². The van der Waals surface area contributed by atoms with Crippen molar-refractivity contribution in [2.45, 2.75) is 65.3 Å². The SMILES string of the molecule is CCC(CC)CN(CC)C(=O)N1CCCCCC1C(=O)O. The van der Waals surface area contributed by atoms with Crippen LogP contribution in [0.2, 0.25) is 0 Å². The molecule has 21 heavy (non-hydrogen) atoms.